The molecule has 0 unspecified atom stereocenters. The van der Waals surface area contributed by atoms with Gasteiger partial charge in [0.2, 0.25) is 0 Å². The van der Waals surface area contributed by atoms with E-state index in [1.807, 2.05) is 12.1 Å². The third-order valence-corrected chi connectivity index (χ3v) is 6.32. The van der Waals surface area contributed by atoms with Crippen LogP contribution in [0, 0.1) is 0 Å². The van der Waals surface area contributed by atoms with Gasteiger partial charge in [0, 0.05) is 32.1 Å². The first-order chi connectivity index (χ1) is 13.2. The molecule has 0 fully saturated rings. The molecule has 0 atom stereocenters. The Morgan fingerprint density at radius 2 is 1.89 bits per heavy atom. The summed E-state index contributed by atoms with van der Waals surface area (Å²) < 4.78 is 8.02. The minimum atomic E-state index is 0.148. The first-order valence-corrected chi connectivity index (χ1v) is 10.2. The van der Waals surface area contributed by atoms with Gasteiger partial charge in [-0.15, -0.1) is 0 Å². The van der Waals surface area contributed by atoms with Gasteiger partial charge in [0.1, 0.15) is 0 Å². The number of halogens is 1. The van der Waals surface area contributed by atoms with E-state index in [0.29, 0.717) is 6.61 Å². The maximum Gasteiger partial charge on any atom is 0.324 e. The second kappa shape index (κ2) is 6.79. The highest BCUT2D eigenvalue weighted by atomic mass is 35.5. The van der Waals surface area contributed by atoms with E-state index in [-0.39, 0.29) is 6.92 Å². The van der Waals surface area contributed by atoms with Crippen molar-refractivity contribution < 1.29 is 4.65 Å². The van der Waals surface area contributed by atoms with E-state index in [0.717, 1.165) is 16.2 Å². The van der Waals surface area contributed by atoms with Crippen LogP contribution in [0.3, 0.4) is 0 Å². The Labute approximate surface area is 168 Å². The van der Waals surface area contributed by atoms with Crippen LogP contribution in [0.1, 0.15) is 5.56 Å². The predicted molar refractivity (Wildman–Crippen MR) is 115 cm³/mol. The summed E-state index contributed by atoms with van der Waals surface area (Å²) in [6, 6.07) is 23.1. The average molecular weight is 390 g/mol. The number of rotatable bonds is 3. The molecule has 0 aliphatic carbocycles. The summed E-state index contributed by atoms with van der Waals surface area (Å²) in [5, 5.41) is 1.92. The van der Waals surface area contributed by atoms with Gasteiger partial charge in [0.15, 0.2) is 0 Å². The van der Waals surface area contributed by atoms with Gasteiger partial charge in [-0.2, -0.15) is 0 Å². The molecule has 0 bridgehead atoms. The molecule has 1 aromatic heterocycles. The van der Waals surface area contributed by atoms with E-state index in [9.17, 15) is 0 Å². The lowest BCUT2D eigenvalue weighted by atomic mass is 9.64. The van der Waals surface area contributed by atoms with Gasteiger partial charge in [-0.3, -0.25) is 0 Å². The molecule has 0 N–H and O–H groups in total. The molecule has 0 amide bonds. The van der Waals surface area contributed by atoms with Crippen molar-refractivity contribution in [3.05, 3.63) is 83.5 Å². The number of fused-ring (bicyclic) bond motifs is 2. The Hall–Kier alpha value is -2.14. The molecule has 0 saturated heterocycles. The maximum atomic E-state index is 6.31. The van der Waals surface area contributed by atoms with E-state index >= 15 is 0 Å². The molecule has 5 rings (SSSR count). The zero-order valence-corrected chi connectivity index (χ0v) is 16.4. The van der Waals surface area contributed by atoms with Gasteiger partial charge >= 0.3 is 6.92 Å². The largest absolute Gasteiger partial charge is 0.427 e. The van der Waals surface area contributed by atoms with Crippen molar-refractivity contribution in [3.63, 3.8) is 0 Å². The SMILES string of the molecule is CB1OCc2ccc(-n3cc(Sc4ccccc4)c4cc(Cl)ccc43)cc21. The van der Waals surface area contributed by atoms with Crippen molar-refractivity contribution in [2.24, 2.45) is 0 Å². The van der Waals surface area contributed by atoms with E-state index in [1.54, 1.807) is 11.8 Å². The first kappa shape index (κ1) is 17.0. The Balaban J connectivity index is 1.66. The fourth-order valence-electron chi connectivity index (χ4n) is 3.63. The summed E-state index contributed by atoms with van der Waals surface area (Å²) >= 11 is 8.07. The van der Waals surface area contributed by atoms with Crippen LogP contribution in [0.5, 0.6) is 0 Å². The van der Waals surface area contributed by atoms with Crippen LogP contribution in [0.15, 0.2) is 82.7 Å². The van der Waals surface area contributed by atoms with Crippen molar-refractivity contribution in [2.45, 2.75) is 23.2 Å². The Morgan fingerprint density at radius 3 is 2.74 bits per heavy atom. The molecule has 4 aromatic rings. The van der Waals surface area contributed by atoms with Crippen LogP contribution >= 0.6 is 23.4 Å². The summed E-state index contributed by atoms with van der Waals surface area (Å²) in [5.41, 5.74) is 4.87. The van der Waals surface area contributed by atoms with Crippen LogP contribution in [0.2, 0.25) is 11.8 Å². The molecule has 2 heterocycles. The third-order valence-electron chi connectivity index (χ3n) is 5.04. The number of benzene rings is 3. The molecular formula is C22H17BClNOS. The highest BCUT2D eigenvalue weighted by Gasteiger charge is 2.24. The Bertz CT molecular complexity index is 1140. The summed E-state index contributed by atoms with van der Waals surface area (Å²) in [6.07, 6.45) is 2.21. The summed E-state index contributed by atoms with van der Waals surface area (Å²) in [4.78, 5) is 2.41. The normalized spacial score (nSPS) is 13.3. The first-order valence-electron chi connectivity index (χ1n) is 8.97. The summed E-state index contributed by atoms with van der Waals surface area (Å²) in [7, 11) is 0. The van der Waals surface area contributed by atoms with Gasteiger partial charge < -0.3 is 9.22 Å². The van der Waals surface area contributed by atoms with Gasteiger partial charge in [-0.1, -0.05) is 54.5 Å². The fraction of sp³-hybridized carbons (Fsp3) is 0.0909. The Morgan fingerprint density at radius 1 is 1.04 bits per heavy atom. The van der Waals surface area contributed by atoms with Gasteiger partial charge in [0.05, 0.1) is 12.1 Å². The van der Waals surface area contributed by atoms with E-state index in [1.165, 1.54) is 26.2 Å². The highest BCUT2D eigenvalue weighted by molar-refractivity contribution is 7.99. The van der Waals surface area contributed by atoms with Crippen LogP contribution in [-0.4, -0.2) is 11.5 Å². The maximum absolute atomic E-state index is 6.31. The smallest absolute Gasteiger partial charge is 0.324 e. The number of nitrogens with zero attached hydrogens (tertiary/aromatic N) is 1. The van der Waals surface area contributed by atoms with Crippen molar-refractivity contribution in [1.82, 2.24) is 4.57 Å². The van der Waals surface area contributed by atoms with E-state index in [2.05, 4.69) is 72.2 Å². The lowest BCUT2D eigenvalue weighted by molar-refractivity contribution is 0.333. The average Bonchev–Trinajstić information content (AvgIpc) is 3.23. The second-order valence-electron chi connectivity index (χ2n) is 6.78. The topological polar surface area (TPSA) is 14.2 Å². The molecule has 0 radical (unpaired) electrons. The van der Waals surface area contributed by atoms with Crippen molar-refractivity contribution in [2.75, 3.05) is 0 Å². The molecule has 132 valence electrons. The highest BCUT2D eigenvalue weighted by Crippen LogP contribution is 2.37. The summed E-state index contributed by atoms with van der Waals surface area (Å²) in [5.74, 6) is 0. The lowest BCUT2D eigenvalue weighted by Gasteiger charge is -2.08. The van der Waals surface area contributed by atoms with Gasteiger partial charge in [-0.05, 0) is 53.5 Å². The monoisotopic (exact) mass is 389 g/mol. The van der Waals surface area contributed by atoms with Crippen LogP contribution in [-0.2, 0) is 11.3 Å². The number of hydrogen-bond acceptors (Lipinski definition) is 2. The Kier molecular flexibility index (Phi) is 4.27. The van der Waals surface area contributed by atoms with Crippen LogP contribution in [0.25, 0.3) is 16.6 Å². The van der Waals surface area contributed by atoms with Crippen LogP contribution in [0.4, 0.5) is 0 Å². The van der Waals surface area contributed by atoms with E-state index in [4.69, 9.17) is 16.3 Å². The van der Waals surface area contributed by atoms with Crippen LogP contribution < -0.4 is 5.46 Å². The molecule has 0 saturated carbocycles. The van der Waals surface area contributed by atoms with Crippen molar-refractivity contribution in [1.29, 1.82) is 0 Å². The molecule has 0 spiro atoms. The molecule has 1 aliphatic rings. The summed E-state index contributed by atoms with van der Waals surface area (Å²) in [6.45, 7) is 2.96. The minimum absolute atomic E-state index is 0.148. The fourth-order valence-corrected chi connectivity index (χ4v) is 4.78. The second-order valence-corrected chi connectivity index (χ2v) is 8.33. The zero-order chi connectivity index (χ0) is 18.4. The lowest BCUT2D eigenvalue weighted by Crippen LogP contribution is -2.24. The molecule has 1 aliphatic heterocycles. The minimum Gasteiger partial charge on any atom is -0.427 e. The predicted octanol–water partition coefficient (Wildman–Crippen LogP) is 5.79. The zero-order valence-electron chi connectivity index (χ0n) is 14.9. The van der Waals surface area contributed by atoms with Gasteiger partial charge in [0.25, 0.3) is 0 Å². The molecule has 27 heavy (non-hydrogen) atoms. The van der Waals surface area contributed by atoms with E-state index < -0.39 is 0 Å². The number of aromatic nitrogens is 1. The quantitative estimate of drug-likeness (QED) is 0.411. The molecule has 3 aromatic carbocycles. The molecular weight excluding hydrogens is 373 g/mol. The molecule has 2 nitrogen and oxygen atoms in total. The van der Waals surface area contributed by atoms with Crippen molar-refractivity contribution in [3.8, 4) is 5.69 Å². The number of hydrogen-bond donors (Lipinski definition) is 0. The standard InChI is InChI=1S/C22H17BClNOS/c1-23-20-12-17(9-7-15(20)14-26-23)25-13-22(27-18-5-3-2-4-6-18)19-11-16(24)8-10-21(19)25/h2-13H,14H2,1H3. The van der Waals surface area contributed by atoms with Crippen molar-refractivity contribution >= 4 is 46.6 Å². The van der Waals surface area contributed by atoms with Gasteiger partial charge in [-0.25, -0.2) is 0 Å². The molecule has 5 heteroatoms. The third kappa shape index (κ3) is 3.08.